The summed E-state index contributed by atoms with van der Waals surface area (Å²) in [6.07, 6.45) is 0.784. The number of rotatable bonds is 8. The van der Waals surface area contributed by atoms with Gasteiger partial charge >= 0.3 is 0 Å². The average Bonchev–Trinajstić information content (AvgIpc) is 3.36. The first kappa shape index (κ1) is 20.3. The number of thiophene rings is 1. The maximum atomic E-state index is 13.1. The van der Waals surface area contributed by atoms with Crippen LogP contribution in [-0.4, -0.2) is 61.0 Å². The van der Waals surface area contributed by atoms with E-state index in [4.69, 9.17) is 4.74 Å². The third kappa shape index (κ3) is 4.80. The highest BCUT2D eigenvalue weighted by atomic mass is 32.2. The largest absolute Gasteiger partial charge is 0.379 e. The minimum absolute atomic E-state index is 0.152. The zero-order valence-corrected chi connectivity index (χ0v) is 17.8. The quantitative estimate of drug-likeness (QED) is 0.603. The van der Waals surface area contributed by atoms with E-state index in [0.717, 1.165) is 49.7 Å². The second-order valence-electron chi connectivity index (χ2n) is 7.03. The number of carbonyl (C=O) groups is 2. The van der Waals surface area contributed by atoms with Crippen LogP contribution in [0.5, 0.6) is 0 Å². The first-order valence-electron chi connectivity index (χ1n) is 9.85. The van der Waals surface area contributed by atoms with Crippen LogP contribution >= 0.6 is 23.1 Å². The molecule has 0 atom stereocenters. The number of thioether (sulfide) groups is 1. The molecule has 1 aromatic heterocycles. The molecular weight excluding hydrogens is 404 g/mol. The number of hydrogen-bond acceptors (Lipinski definition) is 6. The summed E-state index contributed by atoms with van der Waals surface area (Å²) in [6, 6.07) is 13.9. The molecule has 0 aliphatic carbocycles. The minimum atomic E-state index is -0.157. The molecule has 2 amide bonds. The van der Waals surface area contributed by atoms with E-state index >= 15 is 0 Å². The Labute approximate surface area is 179 Å². The number of hydrogen-bond donors (Lipinski definition) is 0. The van der Waals surface area contributed by atoms with Crippen molar-refractivity contribution in [1.29, 1.82) is 0 Å². The van der Waals surface area contributed by atoms with Crippen LogP contribution in [0.1, 0.15) is 16.9 Å². The molecule has 1 fully saturated rings. The molecule has 1 aromatic carbocycles. The second kappa shape index (κ2) is 9.71. The lowest BCUT2D eigenvalue weighted by Gasteiger charge is -2.27. The summed E-state index contributed by atoms with van der Waals surface area (Å²) >= 11 is 2.97. The van der Waals surface area contributed by atoms with Crippen molar-refractivity contribution in [2.24, 2.45) is 0 Å². The van der Waals surface area contributed by atoms with Gasteiger partial charge in [-0.05, 0) is 23.4 Å². The Morgan fingerprint density at radius 3 is 2.48 bits per heavy atom. The van der Waals surface area contributed by atoms with Gasteiger partial charge in [-0.15, -0.1) is 23.1 Å². The summed E-state index contributed by atoms with van der Waals surface area (Å²) in [5, 5.41) is 1.95. The predicted octanol–water partition coefficient (Wildman–Crippen LogP) is 3.48. The van der Waals surface area contributed by atoms with Gasteiger partial charge in [0, 0.05) is 36.8 Å². The molecule has 2 aromatic rings. The van der Waals surface area contributed by atoms with Gasteiger partial charge in [-0.3, -0.25) is 19.4 Å². The Bertz CT molecular complexity index is 875. The van der Waals surface area contributed by atoms with E-state index in [9.17, 15) is 9.59 Å². The number of ether oxygens (including phenoxy) is 1. The Morgan fingerprint density at radius 2 is 1.76 bits per heavy atom. The van der Waals surface area contributed by atoms with Gasteiger partial charge in [0.1, 0.15) is 0 Å². The molecule has 29 heavy (non-hydrogen) atoms. The fourth-order valence-electron chi connectivity index (χ4n) is 3.54. The van der Waals surface area contributed by atoms with Crippen molar-refractivity contribution < 1.29 is 14.3 Å². The Balaban J connectivity index is 1.45. The van der Waals surface area contributed by atoms with E-state index in [1.54, 1.807) is 0 Å². The Hall–Kier alpha value is -1.93. The van der Waals surface area contributed by atoms with Crippen molar-refractivity contribution in [1.82, 2.24) is 9.80 Å². The Kier molecular flexibility index (Phi) is 6.82. The normalized spacial score (nSPS) is 18.1. The molecule has 152 valence electrons. The molecular formula is C22H24N2O3S2. The van der Waals surface area contributed by atoms with Crippen LogP contribution < -0.4 is 0 Å². The van der Waals surface area contributed by atoms with Crippen LogP contribution in [0.15, 0.2) is 52.7 Å². The summed E-state index contributed by atoms with van der Waals surface area (Å²) < 4.78 is 5.38. The summed E-state index contributed by atoms with van der Waals surface area (Å²) in [6.45, 7) is 4.68. The van der Waals surface area contributed by atoms with Gasteiger partial charge in [0.25, 0.3) is 11.8 Å². The zero-order chi connectivity index (χ0) is 20.1. The van der Waals surface area contributed by atoms with Crippen molar-refractivity contribution in [2.45, 2.75) is 12.2 Å². The van der Waals surface area contributed by atoms with Crippen LogP contribution in [0.25, 0.3) is 5.57 Å². The number of nitrogens with zero attached hydrogens (tertiary/aromatic N) is 2. The van der Waals surface area contributed by atoms with E-state index < -0.39 is 0 Å². The van der Waals surface area contributed by atoms with Crippen molar-refractivity contribution in [2.75, 3.05) is 39.4 Å². The van der Waals surface area contributed by atoms with Gasteiger partial charge in [-0.25, -0.2) is 0 Å². The third-order valence-electron chi connectivity index (χ3n) is 5.08. The fourth-order valence-corrected chi connectivity index (χ4v) is 5.45. The fraction of sp³-hybridized carbons (Fsp3) is 0.364. The van der Waals surface area contributed by atoms with Crippen molar-refractivity contribution in [3.05, 3.63) is 63.2 Å². The molecule has 2 aliphatic rings. The van der Waals surface area contributed by atoms with Gasteiger partial charge < -0.3 is 4.74 Å². The van der Waals surface area contributed by atoms with Crippen molar-refractivity contribution in [3.8, 4) is 0 Å². The molecule has 0 spiro atoms. The number of carbonyl (C=O) groups excluding carboxylic acids is 2. The van der Waals surface area contributed by atoms with E-state index in [-0.39, 0.29) is 11.8 Å². The number of amides is 2. The lowest BCUT2D eigenvalue weighted by Crippen LogP contribution is -2.39. The average molecular weight is 429 g/mol. The number of benzene rings is 1. The molecule has 3 heterocycles. The number of morpholine rings is 1. The highest BCUT2D eigenvalue weighted by Crippen LogP contribution is 2.39. The molecule has 0 N–H and O–H groups in total. The lowest BCUT2D eigenvalue weighted by molar-refractivity contribution is -0.136. The highest BCUT2D eigenvalue weighted by molar-refractivity contribution is 8.03. The van der Waals surface area contributed by atoms with Gasteiger partial charge in [-0.1, -0.05) is 36.4 Å². The Morgan fingerprint density at radius 1 is 0.966 bits per heavy atom. The zero-order valence-electron chi connectivity index (χ0n) is 16.2. The minimum Gasteiger partial charge on any atom is -0.379 e. The first-order chi connectivity index (χ1) is 14.2. The van der Waals surface area contributed by atoms with Crippen LogP contribution in [0.2, 0.25) is 0 Å². The SMILES string of the molecule is O=C1C(SCc2ccccc2)=C(c2cccs2)C(=O)N1CCCN1CCOCC1. The summed E-state index contributed by atoms with van der Waals surface area (Å²) in [7, 11) is 0. The molecule has 1 saturated heterocycles. The molecule has 0 saturated carbocycles. The van der Waals surface area contributed by atoms with E-state index in [1.165, 1.54) is 28.0 Å². The summed E-state index contributed by atoms with van der Waals surface area (Å²) in [5.41, 5.74) is 1.71. The van der Waals surface area contributed by atoms with Gasteiger partial charge in [0.2, 0.25) is 0 Å². The first-order valence-corrected chi connectivity index (χ1v) is 11.7. The molecule has 5 nitrogen and oxygen atoms in total. The number of imide groups is 1. The maximum absolute atomic E-state index is 13.1. The molecule has 0 unspecified atom stereocenters. The van der Waals surface area contributed by atoms with Crippen LogP contribution in [0.4, 0.5) is 0 Å². The van der Waals surface area contributed by atoms with Crippen LogP contribution in [-0.2, 0) is 20.1 Å². The maximum Gasteiger partial charge on any atom is 0.268 e. The highest BCUT2D eigenvalue weighted by Gasteiger charge is 2.39. The molecule has 0 bridgehead atoms. The summed E-state index contributed by atoms with van der Waals surface area (Å²) in [5.74, 6) is 0.363. The van der Waals surface area contributed by atoms with Crippen molar-refractivity contribution in [3.63, 3.8) is 0 Å². The standard InChI is InChI=1S/C22H24N2O3S2/c25-21-19(18-8-4-15-28-18)20(29-16-17-6-2-1-3-7-17)22(26)24(21)10-5-9-23-11-13-27-14-12-23/h1-4,6-8,15H,5,9-14,16H2. The molecule has 2 aliphatic heterocycles. The van der Waals surface area contributed by atoms with E-state index in [1.807, 2.05) is 47.8 Å². The smallest absolute Gasteiger partial charge is 0.268 e. The molecule has 4 rings (SSSR count). The van der Waals surface area contributed by atoms with Gasteiger partial charge in [0.15, 0.2) is 0 Å². The lowest BCUT2D eigenvalue weighted by atomic mass is 10.2. The molecule has 7 heteroatoms. The monoisotopic (exact) mass is 428 g/mol. The van der Waals surface area contributed by atoms with Crippen LogP contribution in [0.3, 0.4) is 0 Å². The third-order valence-corrected chi connectivity index (χ3v) is 7.11. The predicted molar refractivity (Wildman–Crippen MR) is 118 cm³/mol. The van der Waals surface area contributed by atoms with E-state index in [2.05, 4.69) is 4.90 Å². The van der Waals surface area contributed by atoms with Crippen LogP contribution in [0, 0.1) is 0 Å². The van der Waals surface area contributed by atoms with Crippen molar-refractivity contribution >= 4 is 40.5 Å². The topological polar surface area (TPSA) is 49.9 Å². The van der Waals surface area contributed by atoms with Gasteiger partial charge in [-0.2, -0.15) is 0 Å². The second-order valence-corrected chi connectivity index (χ2v) is 8.96. The van der Waals surface area contributed by atoms with Gasteiger partial charge in [0.05, 0.1) is 23.7 Å². The molecule has 0 radical (unpaired) electrons. The summed E-state index contributed by atoms with van der Waals surface area (Å²) in [4.78, 5) is 31.5. The van der Waals surface area contributed by atoms with E-state index in [0.29, 0.717) is 22.8 Å².